The van der Waals surface area contributed by atoms with E-state index in [2.05, 4.69) is 27.8 Å². The quantitative estimate of drug-likeness (QED) is 0.543. The van der Waals surface area contributed by atoms with Crippen LogP contribution in [0.2, 0.25) is 0 Å². The normalized spacial score (nSPS) is 11.6. The molecule has 0 fully saturated rings. The molecular weight excluding hydrogens is 384 g/mol. The molecule has 3 rings (SSSR count). The third-order valence-electron chi connectivity index (χ3n) is 4.48. The average molecular weight is 415 g/mol. The zero-order chi connectivity index (χ0) is 21.7. The molecule has 0 aliphatic carbocycles. The van der Waals surface area contributed by atoms with Crippen molar-refractivity contribution in [2.75, 3.05) is 25.5 Å². The molecule has 0 saturated carbocycles. The van der Waals surface area contributed by atoms with Gasteiger partial charge in [0, 0.05) is 25.6 Å². The van der Waals surface area contributed by atoms with E-state index >= 15 is 0 Å². The second kappa shape index (κ2) is 9.15. The molecule has 30 heavy (non-hydrogen) atoms. The summed E-state index contributed by atoms with van der Waals surface area (Å²) < 4.78 is 12.6. The van der Waals surface area contributed by atoms with Gasteiger partial charge in [0.05, 0.1) is 18.1 Å². The number of aryl methyl sites for hydroxylation is 1. The maximum absolute atomic E-state index is 11.7. The third-order valence-corrected chi connectivity index (χ3v) is 4.48. The van der Waals surface area contributed by atoms with Crippen LogP contribution < -0.4 is 15.4 Å². The molecule has 2 N–H and O–H groups in total. The van der Waals surface area contributed by atoms with Crippen molar-refractivity contribution < 1.29 is 14.3 Å². The van der Waals surface area contributed by atoms with Crippen LogP contribution in [0.4, 0.5) is 10.6 Å². The average Bonchev–Trinajstić information content (AvgIpc) is 3.13. The zero-order valence-corrected chi connectivity index (χ0v) is 18.3. The standard InChI is InChI=1S/C21H30N6O3/c1-6-17-25-26-19-18(22-11-7-8-12-23-20(28)30-21(2,3)4)24-15-13-14(29-5)9-10-16(15)27(17)19/h9-10,13H,6-8,11-12H2,1-5H3,(H,22,24)(H,23,28). The second-order valence-electron chi connectivity index (χ2n) is 8.01. The third kappa shape index (κ3) is 5.08. The summed E-state index contributed by atoms with van der Waals surface area (Å²) in [5.74, 6) is 2.31. The largest absolute Gasteiger partial charge is 0.497 e. The number of anilines is 1. The lowest BCUT2D eigenvalue weighted by Gasteiger charge is -2.19. The summed E-state index contributed by atoms with van der Waals surface area (Å²) in [4.78, 5) is 16.4. The number of benzene rings is 1. The van der Waals surface area contributed by atoms with Gasteiger partial charge in [-0.1, -0.05) is 6.92 Å². The highest BCUT2D eigenvalue weighted by Gasteiger charge is 2.16. The lowest BCUT2D eigenvalue weighted by Crippen LogP contribution is -2.33. The minimum atomic E-state index is -0.489. The summed E-state index contributed by atoms with van der Waals surface area (Å²) in [7, 11) is 1.64. The fourth-order valence-electron chi connectivity index (χ4n) is 3.11. The summed E-state index contributed by atoms with van der Waals surface area (Å²) in [6, 6.07) is 5.79. The molecule has 2 aromatic heterocycles. The van der Waals surface area contributed by atoms with E-state index in [1.807, 2.05) is 43.4 Å². The van der Waals surface area contributed by atoms with Crippen LogP contribution in [0.3, 0.4) is 0 Å². The Bertz CT molecular complexity index is 1020. The number of nitrogens with one attached hydrogen (secondary N) is 2. The number of unbranched alkanes of at least 4 members (excludes halogenated alkanes) is 1. The van der Waals surface area contributed by atoms with Crippen molar-refractivity contribution in [3.8, 4) is 5.75 Å². The maximum atomic E-state index is 11.7. The van der Waals surface area contributed by atoms with E-state index in [1.54, 1.807) is 7.11 Å². The van der Waals surface area contributed by atoms with Crippen LogP contribution in [0.15, 0.2) is 18.2 Å². The summed E-state index contributed by atoms with van der Waals surface area (Å²) >= 11 is 0. The van der Waals surface area contributed by atoms with Gasteiger partial charge in [-0.05, 0) is 45.7 Å². The van der Waals surface area contributed by atoms with Crippen molar-refractivity contribution in [3.05, 3.63) is 24.0 Å². The molecule has 0 unspecified atom stereocenters. The number of alkyl carbamates (subject to hydrolysis) is 1. The van der Waals surface area contributed by atoms with Gasteiger partial charge in [-0.25, -0.2) is 9.78 Å². The first-order chi connectivity index (χ1) is 14.3. The fourth-order valence-corrected chi connectivity index (χ4v) is 3.11. The molecule has 0 spiro atoms. The number of methoxy groups -OCH3 is 1. The number of fused-ring (bicyclic) bond motifs is 3. The smallest absolute Gasteiger partial charge is 0.407 e. The Labute approximate surface area is 176 Å². The van der Waals surface area contributed by atoms with Gasteiger partial charge in [0.2, 0.25) is 5.65 Å². The number of hydrogen-bond acceptors (Lipinski definition) is 7. The first kappa shape index (κ1) is 21.6. The number of rotatable bonds is 8. The molecule has 0 radical (unpaired) electrons. The minimum Gasteiger partial charge on any atom is -0.497 e. The predicted octanol–water partition coefficient (Wildman–Crippen LogP) is 3.57. The van der Waals surface area contributed by atoms with Crippen molar-refractivity contribution >= 4 is 28.6 Å². The number of hydrogen-bond donors (Lipinski definition) is 2. The first-order valence-electron chi connectivity index (χ1n) is 10.2. The summed E-state index contributed by atoms with van der Waals surface area (Å²) in [5.41, 5.74) is 1.97. The Morgan fingerprint density at radius 3 is 2.63 bits per heavy atom. The maximum Gasteiger partial charge on any atom is 0.407 e. The van der Waals surface area contributed by atoms with Crippen molar-refractivity contribution in [1.29, 1.82) is 0 Å². The highest BCUT2D eigenvalue weighted by atomic mass is 16.6. The van der Waals surface area contributed by atoms with Crippen LogP contribution in [0.5, 0.6) is 5.75 Å². The van der Waals surface area contributed by atoms with E-state index in [1.165, 1.54) is 0 Å². The number of ether oxygens (including phenoxy) is 2. The van der Waals surface area contributed by atoms with E-state index in [-0.39, 0.29) is 0 Å². The molecule has 3 aromatic rings. The number of aromatic nitrogens is 4. The molecule has 162 valence electrons. The Morgan fingerprint density at radius 1 is 1.17 bits per heavy atom. The number of nitrogens with zero attached hydrogens (tertiary/aromatic N) is 4. The van der Waals surface area contributed by atoms with Gasteiger partial charge in [0.1, 0.15) is 17.2 Å². The van der Waals surface area contributed by atoms with Gasteiger partial charge in [-0.2, -0.15) is 0 Å². The molecule has 1 aromatic carbocycles. The van der Waals surface area contributed by atoms with Crippen molar-refractivity contribution in [2.24, 2.45) is 0 Å². The fraction of sp³-hybridized carbons (Fsp3) is 0.524. The highest BCUT2D eigenvalue weighted by molar-refractivity contribution is 5.84. The Balaban J connectivity index is 1.65. The summed E-state index contributed by atoms with van der Waals surface area (Å²) in [6.07, 6.45) is 2.05. The lowest BCUT2D eigenvalue weighted by atomic mass is 10.2. The number of amides is 1. The van der Waals surface area contributed by atoms with E-state index in [0.717, 1.165) is 41.9 Å². The highest BCUT2D eigenvalue weighted by Crippen LogP contribution is 2.25. The molecule has 0 saturated heterocycles. The van der Waals surface area contributed by atoms with Crippen LogP contribution in [-0.2, 0) is 11.2 Å². The van der Waals surface area contributed by atoms with Gasteiger partial charge in [0.15, 0.2) is 5.82 Å². The van der Waals surface area contributed by atoms with Crippen LogP contribution >= 0.6 is 0 Å². The molecule has 1 amide bonds. The number of carbonyl (C=O) groups is 1. The van der Waals surface area contributed by atoms with Crippen molar-refractivity contribution in [2.45, 2.75) is 52.6 Å². The van der Waals surface area contributed by atoms with Crippen molar-refractivity contribution in [1.82, 2.24) is 24.9 Å². The van der Waals surface area contributed by atoms with Crippen molar-refractivity contribution in [3.63, 3.8) is 0 Å². The van der Waals surface area contributed by atoms with E-state index in [4.69, 9.17) is 14.5 Å². The van der Waals surface area contributed by atoms with Gasteiger partial charge >= 0.3 is 6.09 Å². The van der Waals surface area contributed by atoms with Crippen LogP contribution in [0.1, 0.15) is 46.4 Å². The molecule has 0 bridgehead atoms. The van der Waals surface area contributed by atoms with Crippen LogP contribution in [0.25, 0.3) is 16.7 Å². The van der Waals surface area contributed by atoms with Gasteiger partial charge in [-0.3, -0.25) is 4.40 Å². The second-order valence-corrected chi connectivity index (χ2v) is 8.01. The summed E-state index contributed by atoms with van der Waals surface area (Å²) in [6.45, 7) is 8.84. The Kier molecular flexibility index (Phi) is 6.59. The summed E-state index contributed by atoms with van der Waals surface area (Å²) in [5, 5.41) is 14.8. The molecule has 2 heterocycles. The topological polar surface area (TPSA) is 103 Å². The first-order valence-corrected chi connectivity index (χ1v) is 10.2. The lowest BCUT2D eigenvalue weighted by molar-refractivity contribution is 0.0527. The van der Waals surface area contributed by atoms with E-state index in [9.17, 15) is 4.79 Å². The monoisotopic (exact) mass is 414 g/mol. The van der Waals surface area contributed by atoms with Gasteiger partial charge in [-0.15, -0.1) is 10.2 Å². The van der Waals surface area contributed by atoms with Gasteiger partial charge < -0.3 is 20.1 Å². The zero-order valence-electron chi connectivity index (χ0n) is 18.3. The molecular formula is C21H30N6O3. The van der Waals surface area contributed by atoms with Gasteiger partial charge in [0.25, 0.3) is 0 Å². The molecule has 9 heteroatoms. The van der Waals surface area contributed by atoms with E-state index in [0.29, 0.717) is 24.6 Å². The Hall–Kier alpha value is -3.10. The van der Waals surface area contributed by atoms with E-state index < -0.39 is 11.7 Å². The molecule has 0 atom stereocenters. The molecule has 0 aliphatic heterocycles. The van der Waals surface area contributed by atoms with Crippen LogP contribution in [0, 0.1) is 0 Å². The Morgan fingerprint density at radius 2 is 1.93 bits per heavy atom. The number of carbonyl (C=O) groups excluding carboxylic acids is 1. The SMILES string of the molecule is CCc1nnc2c(NCCCCNC(=O)OC(C)(C)C)nc3cc(OC)ccc3n12. The minimum absolute atomic E-state index is 0.391. The molecule has 9 nitrogen and oxygen atoms in total. The molecule has 0 aliphatic rings. The van der Waals surface area contributed by atoms with Crippen LogP contribution in [-0.4, -0.2) is 51.5 Å². The predicted molar refractivity (Wildman–Crippen MR) is 116 cm³/mol.